The van der Waals surface area contributed by atoms with Crippen LogP contribution >= 0.6 is 0 Å². The first kappa shape index (κ1) is 16.1. The lowest BCUT2D eigenvalue weighted by atomic mass is 9.95. The first-order valence-corrected chi connectivity index (χ1v) is 9.05. The molecule has 2 aromatic rings. The molecule has 2 amide bonds. The van der Waals surface area contributed by atoms with E-state index >= 15 is 0 Å². The molecule has 1 N–H and O–H groups in total. The van der Waals surface area contributed by atoms with Gasteiger partial charge in [0.1, 0.15) is 0 Å². The Morgan fingerprint density at radius 2 is 2.08 bits per heavy atom. The summed E-state index contributed by atoms with van der Waals surface area (Å²) in [5, 5.41) is 3.01. The Bertz CT molecular complexity index is 781. The van der Waals surface area contributed by atoms with Crippen LogP contribution in [0.5, 0.6) is 0 Å². The van der Waals surface area contributed by atoms with Gasteiger partial charge >= 0.3 is 0 Å². The van der Waals surface area contributed by atoms with Crippen molar-refractivity contribution in [1.29, 1.82) is 0 Å². The van der Waals surface area contributed by atoms with Crippen molar-refractivity contribution >= 4 is 17.5 Å². The van der Waals surface area contributed by atoms with Gasteiger partial charge in [0.25, 0.3) is 0 Å². The quantitative estimate of drug-likeness (QED) is 0.914. The number of nitrogens with zero attached hydrogens (tertiary/aromatic N) is 4. The number of nitrogens with one attached hydrogen (secondary N) is 1. The second kappa shape index (κ2) is 6.82. The fourth-order valence-corrected chi connectivity index (χ4v) is 4.00. The standard InChI is InChI=1S/C18H23N5O2/c24-17-6-5-13(12-23(17)14-3-1-2-4-14)18(25)21-10-15-9-20-16-11-19-7-8-22(15)16/h7-9,11,13-14H,1-6,10,12H2,(H,21,25). The van der Waals surface area contributed by atoms with Gasteiger partial charge in [-0.25, -0.2) is 4.98 Å². The number of likely N-dealkylation sites (tertiary alicyclic amines) is 1. The number of carbonyl (C=O) groups is 2. The van der Waals surface area contributed by atoms with Gasteiger partial charge in [0.15, 0.2) is 5.65 Å². The Hall–Kier alpha value is -2.44. The van der Waals surface area contributed by atoms with Crippen LogP contribution in [0.4, 0.5) is 0 Å². The fourth-order valence-electron chi connectivity index (χ4n) is 4.00. The van der Waals surface area contributed by atoms with Crippen molar-refractivity contribution in [2.75, 3.05) is 6.54 Å². The van der Waals surface area contributed by atoms with Crippen LogP contribution in [0.1, 0.15) is 44.2 Å². The molecule has 4 rings (SSSR count). The molecule has 7 nitrogen and oxygen atoms in total. The van der Waals surface area contributed by atoms with E-state index in [1.165, 1.54) is 12.8 Å². The zero-order valence-corrected chi connectivity index (χ0v) is 14.2. The summed E-state index contributed by atoms with van der Waals surface area (Å²) in [7, 11) is 0. The third kappa shape index (κ3) is 3.23. The molecule has 7 heteroatoms. The highest BCUT2D eigenvalue weighted by atomic mass is 16.2. The second-order valence-corrected chi connectivity index (χ2v) is 6.99. The van der Waals surface area contributed by atoms with Crippen LogP contribution < -0.4 is 5.32 Å². The lowest BCUT2D eigenvalue weighted by Crippen LogP contribution is -2.49. The van der Waals surface area contributed by atoms with Gasteiger partial charge in [0.05, 0.1) is 30.6 Å². The number of amides is 2. The highest BCUT2D eigenvalue weighted by Gasteiger charge is 2.35. The predicted molar refractivity (Wildman–Crippen MR) is 91.5 cm³/mol. The van der Waals surface area contributed by atoms with Gasteiger partial charge in [-0.05, 0) is 19.3 Å². The molecule has 3 heterocycles. The topological polar surface area (TPSA) is 79.6 Å². The Morgan fingerprint density at radius 1 is 1.24 bits per heavy atom. The molecule has 1 saturated carbocycles. The maximum Gasteiger partial charge on any atom is 0.225 e. The van der Waals surface area contributed by atoms with Crippen molar-refractivity contribution in [3.63, 3.8) is 0 Å². The smallest absolute Gasteiger partial charge is 0.225 e. The highest BCUT2D eigenvalue weighted by molar-refractivity contribution is 5.84. The molecule has 1 unspecified atom stereocenters. The van der Waals surface area contributed by atoms with E-state index in [2.05, 4.69) is 15.3 Å². The van der Waals surface area contributed by atoms with E-state index in [4.69, 9.17) is 0 Å². The number of carbonyl (C=O) groups excluding carboxylic acids is 2. The number of rotatable bonds is 4. The van der Waals surface area contributed by atoms with Crippen LogP contribution in [-0.4, -0.2) is 43.7 Å². The average Bonchev–Trinajstić information content (AvgIpc) is 3.30. The lowest BCUT2D eigenvalue weighted by molar-refractivity contribution is -0.140. The van der Waals surface area contributed by atoms with Crippen molar-refractivity contribution in [3.8, 4) is 0 Å². The van der Waals surface area contributed by atoms with E-state index in [1.807, 2.05) is 15.5 Å². The van der Waals surface area contributed by atoms with Crippen LogP contribution in [0.2, 0.25) is 0 Å². The largest absolute Gasteiger partial charge is 0.350 e. The van der Waals surface area contributed by atoms with Gasteiger partial charge in [0, 0.05) is 31.4 Å². The van der Waals surface area contributed by atoms with Crippen molar-refractivity contribution in [3.05, 3.63) is 30.5 Å². The van der Waals surface area contributed by atoms with Crippen LogP contribution in [0.25, 0.3) is 5.65 Å². The maximum atomic E-state index is 12.6. The van der Waals surface area contributed by atoms with Crippen molar-refractivity contribution in [1.82, 2.24) is 24.6 Å². The van der Waals surface area contributed by atoms with Crippen LogP contribution in [0.3, 0.4) is 0 Å². The van der Waals surface area contributed by atoms with E-state index in [-0.39, 0.29) is 17.7 Å². The van der Waals surface area contributed by atoms with E-state index in [0.29, 0.717) is 32.0 Å². The number of hydrogen-bond donors (Lipinski definition) is 1. The van der Waals surface area contributed by atoms with Crippen LogP contribution in [0.15, 0.2) is 24.8 Å². The molecule has 1 saturated heterocycles. The first-order chi connectivity index (χ1) is 12.2. The molecule has 2 aromatic heterocycles. The van der Waals surface area contributed by atoms with E-state index < -0.39 is 0 Å². The van der Waals surface area contributed by atoms with E-state index in [1.54, 1.807) is 18.6 Å². The number of imidazole rings is 1. The maximum absolute atomic E-state index is 12.6. The predicted octanol–water partition coefficient (Wildman–Crippen LogP) is 1.53. The first-order valence-electron chi connectivity index (χ1n) is 9.05. The molecule has 0 spiro atoms. The zero-order valence-electron chi connectivity index (χ0n) is 14.2. The minimum absolute atomic E-state index is 0.0273. The van der Waals surface area contributed by atoms with Gasteiger partial charge in [-0.15, -0.1) is 0 Å². The van der Waals surface area contributed by atoms with Crippen LogP contribution in [-0.2, 0) is 16.1 Å². The average molecular weight is 341 g/mol. The van der Waals surface area contributed by atoms with Crippen LogP contribution in [0, 0.1) is 5.92 Å². The molecular weight excluding hydrogens is 318 g/mol. The molecule has 1 aliphatic carbocycles. The number of hydrogen-bond acceptors (Lipinski definition) is 4. The molecular formula is C18H23N5O2. The van der Waals surface area contributed by atoms with Crippen molar-refractivity contribution in [2.24, 2.45) is 5.92 Å². The molecule has 0 bridgehead atoms. The Labute approximate surface area is 146 Å². The monoisotopic (exact) mass is 341 g/mol. The van der Waals surface area contributed by atoms with Gasteiger partial charge in [-0.2, -0.15) is 0 Å². The Balaban J connectivity index is 1.38. The zero-order chi connectivity index (χ0) is 17.2. The van der Waals surface area contributed by atoms with Crippen molar-refractivity contribution in [2.45, 2.75) is 51.1 Å². The van der Waals surface area contributed by atoms with Gasteiger partial charge in [-0.3, -0.25) is 19.0 Å². The third-order valence-electron chi connectivity index (χ3n) is 5.42. The third-order valence-corrected chi connectivity index (χ3v) is 5.42. The SMILES string of the molecule is O=C(NCc1cnc2cnccn12)C1CCC(=O)N(C2CCCC2)C1. The minimum atomic E-state index is -0.112. The second-order valence-electron chi connectivity index (χ2n) is 6.99. The highest BCUT2D eigenvalue weighted by Crippen LogP contribution is 2.28. The summed E-state index contributed by atoms with van der Waals surface area (Å²) >= 11 is 0. The Kier molecular flexibility index (Phi) is 4.38. The minimum Gasteiger partial charge on any atom is -0.350 e. The number of piperidine rings is 1. The summed E-state index contributed by atoms with van der Waals surface area (Å²) in [6.45, 7) is 0.990. The molecule has 2 aliphatic rings. The fraction of sp³-hybridized carbons (Fsp3) is 0.556. The summed E-state index contributed by atoms with van der Waals surface area (Å²) < 4.78 is 1.92. The summed E-state index contributed by atoms with van der Waals surface area (Å²) in [6, 6.07) is 0.342. The Morgan fingerprint density at radius 3 is 2.92 bits per heavy atom. The van der Waals surface area contributed by atoms with Gasteiger partial charge in [-0.1, -0.05) is 12.8 Å². The molecule has 0 aromatic carbocycles. The summed E-state index contributed by atoms with van der Waals surface area (Å²) in [6.07, 6.45) is 12.6. The van der Waals surface area contributed by atoms with Gasteiger partial charge in [0.2, 0.25) is 11.8 Å². The van der Waals surface area contributed by atoms with E-state index in [9.17, 15) is 9.59 Å². The van der Waals surface area contributed by atoms with Crippen molar-refractivity contribution < 1.29 is 9.59 Å². The molecule has 25 heavy (non-hydrogen) atoms. The summed E-state index contributed by atoms with van der Waals surface area (Å²) in [5.41, 5.74) is 1.69. The molecule has 1 aliphatic heterocycles. The molecule has 132 valence electrons. The normalized spacial score (nSPS) is 21.8. The van der Waals surface area contributed by atoms with Gasteiger partial charge < -0.3 is 10.2 Å². The molecule has 0 radical (unpaired) electrons. The molecule has 1 atom stereocenters. The number of fused-ring (bicyclic) bond motifs is 1. The molecule has 2 fully saturated rings. The lowest BCUT2D eigenvalue weighted by Gasteiger charge is -2.36. The summed E-state index contributed by atoms with van der Waals surface area (Å²) in [5.74, 6) is 0.129. The van der Waals surface area contributed by atoms with E-state index in [0.717, 1.165) is 24.2 Å². The summed E-state index contributed by atoms with van der Waals surface area (Å²) in [4.78, 5) is 35.1. The number of aromatic nitrogens is 3.